The van der Waals surface area contributed by atoms with Crippen molar-refractivity contribution in [2.45, 2.75) is 88.0 Å². The van der Waals surface area contributed by atoms with Crippen molar-refractivity contribution in [1.29, 1.82) is 0 Å². The van der Waals surface area contributed by atoms with Crippen LogP contribution >= 0.6 is 0 Å². The summed E-state index contributed by atoms with van der Waals surface area (Å²) >= 11 is 0. The van der Waals surface area contributed by atoms with Crippen LogP contribution in [0.25, 0.3) is 0 Å². The lowest BCUT2D eigenvalue weighted by Crippen LogP contribution is -2.35. The Morgan fingerprint density at radius 3 is 2.23 bits per heavy atom. The van der Waals surface area contributed by atoms with E-state index < -0.39 is 0 Å². The van der Waals surface area contributed by atoms with E-state index in [4.69, 9.17) is 0 Å². The highest BCUT2D eigenvalue weighted by atomic mass is 15.2. The predicted molar refractivity (Wildman–Crippen MR) is 137 cm³/mol. The van der Waals surface area contributed by atoms with Crippen LogP contribution in [-0.4, -0.2) is 25.8 Å². The molecule has 0 fully saturated rings. The molecule has 170 valence electrons. The summed E-state index contributed by atoms with van der Waals surface area (Å²) in [5.41, 5.74) is 6.49. The summed E-state index contributed by atoms with van der Waals surface area (Å²) in [6.45, 7) is 24.6. The Morgan fingerprint density at radius 1 is 1.20 bits per heavy atom. The average Bonchev–Trinajstić information content (AvgIpc) is 2.68. The number of nitrogens with one attached hydrogen (secondary N) is 2. The van der Waals surface area contributed by atoms with Crippen LogP contribution in [0.2, 0.25) is 0 Å². The fourth-order valence-corrected chi connectivity index (χ4v) is 3.05. The quantitative estimate of drug-likeness (QED) is 0.518. The van der Waals surface area contributed by atoms with E-state index in [9.17, 15) is 0 Å². The zero-order valence-electron chi connectivity index (χ0n) is 21.1. The zero-order valence-corrected chi connectivity index (χ0v) is 21.1. The Labute approximate surface area is 186 Å². The van der Waals surface area contributed by atoms with Crippen molar-refractivity contribution in [2.24, 2.45) is 15.4 Å². The van der Waals surface area contributed by atoms with E-state index in [1.807, 2.05) is 13.0 Å². The van der Waals surface area contributed by atoms with Crippen LogP contribution in [0.5, 0.6) is 0 Å². The second-order valence-corrected chi connectivity index (χ2v) is 8.77. The molecule has 0 radical (unpaired) electrons. The smallest absolute Gasteiger partial charge is 0.195 e. The van der Waals surface area contributed by atoms with Gasteiger partial charge in [0.05, 0.1) is 0 Å². The number of rotatable bonds is 4. The van der Waals surface area contributed by atoms with E-state index in [0.29, 0.717) is 0 Å². The Bertz CT molecular complexity index is 694. The molecule has 1 aliphatic rings. The number of allylic oxidation sites excluding steroid dienone is 2. The minimum atomic E-state index is 0.149. The number of aryl methyl sites for hydroxylation is 3. The Morgan fingerprint density at radius 2 is 1.83 bits per heavy atom. The van der Waals surface area contributed by atoms with E-state index >= 15 is 0 Å². The van der Waals surface area contributed by atoms with E-state index in [0.717, 1.165) is 37.6 Å². The number of anilines is 1. The van der Waals surface area contributed by atoms with Gasteiger partial charge in [0.1, 0.15) is 0 Å². The third kappa shape index (κ3) is 10.6. The van der Waals surface area contributed by atoms with Gasteiger partial charge in [0, 0.05) is 29.9 Å². The number of hydrogen-bond acceptors (Lipinski definition) is 4. The Kier molecular flexibility index (Phi) is 13.8. The Hall–Kier alpha value is -2.10. The summed E-state index contributed by atoms with van der Waals surface area (Å²) in [6.07, 6.45) is 6.72. The Balaban J connectivity index is 0.000000591. The molecule has 4 nitrogen and oxygen atoms in total. The van der Waals surface area contributed by atoms with Crippen molar-refractivity contribution < 1.29 is 0 Å². The monoisotopic (exact) mass is 414 g/mol. The molecule has 30 heavy (non-hydrogen) atoms. The molecule has 2 rings (SSSR count). The largest absolute Gasteiger partial charge is 0.356 e. The van der Waals surface area contributed by atoms with Crippen LogP contribution in [0.15, 0.2) is 33.9 Å². The molecule has 0 bridgehead atoms. The van der Waals surface area contributed by atoms with Gasteiger partial charge in [-0.25, -0.2) is 0 Å². The first-order valence-corrected chi connectivity index (χ1v) is 11.4. The first-order chi connectivity index (χ1) is 14.1. The fourth-order valence-electron chi connectivity index (χ4n) is 3.05. The highest BCUT2D eigenvalue weighted by Crippen LogP contribution is 2.25. The van der Waals surface area contributed by atoms with Crippen molar-refractivity contribution in [3.63, 3.8) is 0 Å². The summed E-state index contributed by atoms with van der Waals surface area (Å²) in [6, 6.07) is 4.53. The molecule has 0 saturated heterocycles. The lowest BCUT2D eigenvalue weighted by Gasteiger charge is -2.18. The van der Waals surface area contributed by atoms with Crippen molar-refractivity contribution in [3.05, 3.63) is 40.6 Å². The topological polar surface area (TPSA) is 48.8 Å². The zero-order chi connectivity index (χ0) is 23.2. The molecule has 1 aliphatic heterocycles. The van der Waals surface area contributed by atoms with Crippen LogP contribution in [0, 0.1) is 19.3 Å². The van der Waals surface area contributed by atoms with Gasteiger partial charge in [-0.3, -0.25) is 9.98 Å². The number of nitrogens with zero attached hydrogens (tertiary/aromatic N) is 2. The molecule has 1 aromatic carbocycles. The van der Waals surface area contributed by atoms with Crippen LogP contribution < -0.4 is 10.6 Å². The molecule has 0 aliphatic carbocycles. The van der Waals surface area contributed by atoms with Gasteiger partial charge in [-0.05, 0) is 63.1 Å². The maximum Gasteiger partial charge on any atom is 0.195 e. The third-order valence-corrected chi connectivity index (χ3v) is 4.56. The van der Waals surface area contributed by atoms with Crippen LogP contribution in [0.1, 0.15) is 84.4 Å². The minimum Gasteiger partial charge on any atom is -0.356 e. The van der Waals surface area contributed by atoms with Gasteiger partial charge in [0.15, 0.2) is 5.96 Å². The maximum atomic E-state index is 4.45. The highest BCUT2D eigenvalue weighted by molar-refractivity contribution is 5.94. The van der Waals surface area contributed by atoms with Gasteiger partial charge in [-0.1, -0.05) is 66.5 Å². The molecular formula is C26H46N4. The highest BCUT2D eigenvalue weighted by Gasteiger charge is 2.13. The second kappa shape index (κ2) is 14.8. The van der Waals surface area contributed by atoms with Gasteiger partial charge in [-0.2, -0.15) is 0 Å². The van der Waals surface area contributed by atoms with Gasteiger partial charge >= 0.3 is 0 Å². The molecule has 1 aromatic rings. The van der Waals surface area contributed by atoms with E-state index in [1.165, 1.54) is 35.2 Å². The molecular weight excluding hydrogens is 368 g/mol. The van der Waals surface area contributed by atoms with Crippen molar-refractivity contribution in [1.82, 2.24) is 5.32 Å². The van der Waals surface area contributed by atoms with Crippen LogP contribution in [0.3, 0.4) is 0 Å². The molecule has 2 N–H and O–H groups in total. The van der Waals surface area contributed by atoms with E-state index in [1.54, 1.807) is 0 Å². The SMILES string of the molecule is C=N/C(=C\C)C(C)(C)C.CCC.CCCc1cc(C)c(NC2=NCCCN2)cc1C. The first-order valence-electron chi connectivity index (χ1n) is 11.4. The van der Waals surface area contributed by atoms with Crippen molar-refractivity contribution >= 4 is 18.4 Å². The third-order valence-electron chi connectivity index (χ3n) is 4.56. The minimum absolute atomic E-state index is 0.149. The summed E-state index contributed by atoms with van der Waals surface area (Å²) in [4.78, 5) is 8.34. The summed E-state index contributed by atoms with van der Waals surface area (Å²) in [5.74, 6) is 0.909. The molecule has 0 amide bonds. The molecule has 4 heteroatoms. The second-order valence-electron chi connectivity index (χ2n) is 8.77. The summed E-state index contributed by atoms with van der Waals surface area (Å²) in [5, 5.41) is 6.69. The summed E-state index contributed by atoms with van der Waals surface area (Å²) < 4.78 is 0. The number of guanidine groups is 1. The lowest BCUT2D eigenvalue weighted by molar-refractivity contribution is 0.498. The van der Waals surface area contributed by atoms with Gasteiger partial charge in [0.25, 0.3) is 0 Å². The average molecular weight is 415 g/mol. The van der Waals surface area contributed by atoms with Crippen LogP contribution in [0.4, 0.5) is 5.69 Å². The summed E-state index contributed by atoms with van der Waals surface area (Å²) in [7, 11) is 0. The van der Waals surface area contributed by atoms with Crippen LogP contribution in [-0.2, 0) is 6.42 Å². The number of benzene rings is 1. The molecule has 0 saturated carbocycles. The molecule has 0 aromatic heterocycles. The molecule has 1 heterocycles. The maximum absolute atomic E-state index is 4.45. The standard InChI is InChI=1S/C15H23N3.C8H15N.C3H8/c1-4-6-13-9-12(3)14(10-11(13)2)18-15-16-7-5-8-17-15;1-6-7(9-5)8(2,3)4;1-3-2/h9-10H,4-8H2,1-3H3,(H2,16,17,18);6H,5H2,1-4H3;3H2,1-2H3/b;7-6-;. The van der Waals surface area contributed by atoms with Gasteiger partial charge < -0.3 is 10.6 Å². The number of aliphatic imine (C=N–C) groups is 2. The lowest BCUT2D eigenvalue weighted by atomic mass is 9.92. The van der Waals surface area contributed by atoms with Crippen molar-refractivity contribution in [3.8, 4) is 0 Å². The predicted octanol–water partition coefficient (Wildman–Crippen LogP) is 7.07. The van der Waals surface area contributed by atoms with E-state index in [2.05, 4.69) is 94.9 Å². The van der Waals surface area contributed by atoms with Gasteiger partial charge in [-0.15, -0.1) is 0 Å². The normalized spacial score (nSPS) is 13.6. The van der Waals surface area contributed by atoms with E-state index in [-0.39, 0.29) is 5.41 Å². The number of hydrogen-bond donors (Lipinski definition) is 2. The first kappa shape index (κ1) is 27.9. The molecule has 0 unspecified atom stereocenters. The molecule has 0 atom stereocenters. The fraction of sp³-hybridized carbons (Fsp3) is 0.615. The molecule has 0 spiro atoms. The van der Waals surface area contributed by atoms with Crippen molar-refractivity contribution in [2.75, 3.05) is 18.4 Å². The van der Waals surface area contributed by atoms with Gasteiger partial charge in [0.2, 0.25) is 0 Å².